The standard InChI is InChI=1S/C28H24O2.C8H11N.C7H9N.C7H5N.C6H10/c1-17-8-10-18(11-9-17)19-12-14-23-25(16-19)29-24-15-13-22-26(27(24)30-23)20-6-4-5-7-21(20)28(22,2)3;1-7-3-2-4-8(5-7)6-9;2*8-6-7-4-2-1-3-5-7;1-3-5-6-4-2/h4-16,20-21H,1-3H3;2-5H,6,9H2,1H3;1-5H,6,8H2;1-5H;3-6H,1-2H3/b;;;;5-3-,6-4-. The zero-order valence-corrected chi connectivity index (χ0v) is 36.4. The molecule has 0 saturated carbocycles. The van der Waals surface area contributed by atoms with Crippen LogP contribution in [-0.4, -0.2) is 0 Å². The number of allylic oxidation sites excluding steroid dienone is 8. The molecule has 5 heteroatoms. The molecule has 1 heterocycles. The molecule has 1 aliphatic heterocycles. The summed E-state index contributed by atoms with van der Waals surface area (Å²) in [6.07, 6.45) is 17.0. The lowest BCUT2D eigenvalue weighted by atomic mass is 9.74. The Morgan fingerprint density at radius 3 is 1.79 bits per heavy atom. The summed E-state index contributed by atoms with van der Waals surface area (Å²) in [5.74, 6) is 4.01. The van der Waals surface area contributed by atoms with E-state index >= 15 is 0 Å². The molecule has 2 aliphatic carbocycles. The van der Waals surface area contributed by atoms with Crippen LogP contribution in [0.1, 0.15) is 72.6 Å². The van der Waals surface area contributed by atoms with E-state index in [1.165, 1.54) is 38.9 Å². The molecule has 5 nitrogen and oxygen atoms in total. The average molecular weight is 806 g/mol. The summed E-state index contributed by atoms with van der Waals surface area (Å²) < 4.78 is 12.9. The summed E-state index contributed by atoms with van der Waals surface area (Å²) in [6, 6.07) is 48.5. The van der Waals surface area contributed by atoms with E-state index in [-0.39, 0.29) is 5.41 Å². The number of aryl methyl sites for hydroxylation is 2. The second-order valence-corrected chi connectivity index (χ2v) is 15.5. The Labute approximate surface area is 364 Å². The third-order valence-electron chi connectivity index (χ3n) is 10.7. The highest BCUT2D eigenvalue weighted by Gasteiger charge is 2.47. The molecule has 0 saturated heterocycles. The number of nitrogens with two attached hydrogens (primary N) is 2. The first kappa shape index (κ1) is 45.4. The molecule has 3 aliphatic rings. The van der Waals surface area contributed by atoms with Gasteiger partial charge in [-0.15, -0.1) is 0 Å². The molecule has 61 heavy (non-hydrogen) atoms. The number of nitrogens with zero attached hydrogens (tertiary/aromatic N) is 1. The van der Waals surface area contributed by atoms with E-state index in [9.17, 15) is 0 Å². The van der Waals surface area contributed by atoms with Gasteiger partial charge in [-0.3, -0.25) is 0 Å². The van der Waals surface area contributed by atoms with Crippen molar-refractivity contribution in [3.63, 3.8) is 0 Å². The molecule has 9 rings (SSSR count). The van der Waals surface area contributed by atoms with Gasteiger partial charge in [-0.2, -0.15) is 5.26 Å². The fourth-order valence-electron chi connectivity index (χ4n) is 7.42. The van der Waals surface area contributed by atoms with Gasteiger partial charge in [0.1, 0.15) is 0 Å². The van der Waals surface area contributed by atoms with Crippen LogP contribution in [0.5, 0.6) is 23.0 Å². The fraction of sp³-hybridized carbons (Fsp3) is 0.196. The molecule has 310 valence electrons. The summed E-state index contributed by atoms with van der Waals surface area (Å²) in [5.41, 5.74) is 21.4. The van der Waals surface area contributed by atoms with Gasteiger partial charge in [0.15, 0.2) is 23.0 Å². The number of fused-ring (bicyclic) bond motifs is 6. The maximum absolute atomic E-state index is 8.29. The Morgan fingerprint density at radius 1 is 0.607 bits per heavy atom. The first-order valence-electron chi connectivity index (χ1n) is 20.9. The second kappa shape index (κ2) is 22.6. The van der Waals surface area contributed by atoms with Gasteiger partial charge in [0.05, 0.1) is 11.6 Å². The predicted octanol–water partition coefficient (Wildman–Crippen LogP) is 14.0. The minimum absolute atomic E-state index is 0.0647. The summed E-state index contributed by atoms with van der Waals surface area (Å²) in [6.45, 7) is 14.1. The highest BCUT2D eigenvalue weighted by Crippen LogP contribution is 2.60. The van der Waals surface area contributed by atoms with Crippen molar-refractivity contribution in [1.29, 1.82) is 5.26 Å². The van der Waals surface area contributed by atoms with Crippen molar-refractivity contribution < 1.29 is 9.47 Å². The molecule has 0 spiro atoms. The molecule has 0 aromatic heterocycles. The maximum atomic E-state index is 8.29. The van der Waals surface area contributed by atoms with Crippen molar-refractivity contribution in [2.75, 3.05) is 0 Å². The zero-order chi connectivity index (χ0) is 43.6. The molecule has 2 unspecified atom stereocenters. The lowest BCUT2D eigenvalue weighted by Gasteiger charge is -2.29. The van der Waals surface area contributed by atoms with Gasteiger partial charge in [0.25, 0.3) is 0 Å². The van der Waals surface area contributed by atoms with Crippen molar-refractivity contribution in [2.24, 2.45) is 17.4 Å². The number of benzene rings is 6. The molecule has 0 bridgehead atoms. The Morgan fingerprint density at radius 2 is 1.21 bits per heavy atom. The highest BCUT2D eigenvalue weighted by molar-refractivity contribution is 5.71. The molecule has 6 aromatic rings. The van der Waals surface area contributed by atoms with E-state index in [1.54, 1.807) is 12.1 Å². The number of ether oxygens (including phenoxy) is 2. The number of hydrogen-bond donors (Lipinski definition) is 2. The second-order valence-electron chi connectivity index (χ2n) is 15.5. The van der Waals surface area contributed by atoms with E-state index in [2.05, 4.69) is 113 Å². The SMILES string of the molecule is C/C=C\C=C/C.Cc1ccc(-c2ccc3c(c2)Oc2ccc4c(c2O3)C2C=CC=CC2C4(C)C)cc1.Cc1cccc(CN)c1.N#Cc1ccccc1.NCc1ccccc1. The van der Waals surface area contributed by atoms with Crippen LogP contribution >= 0.6 is 0 Å². The first-order chi connectivity index (χ1) is 29.6. The van der Waals surface area contributed by atoms with Crippen LogP contribution in [0.4, 0.5) is 0 Å². The Kier molecular flexibility index (Phi) is 16.8. The van der Waals surface area contributed by atoms with Crippen LogP contribution in [0, 0.1) is 31.1 Å². The van der Waals surface area contributed by atoms with E-state index in [0.717, 1.165) is 28.6 Å². The fourth-order valence-corrected chi connectivity index (χ4v) is 7.42. The number of rotatable bonds is 4. The normalized spacial score (nSPS) is 15.5. The third kappa shape index (κ3) is 12.2. The first-order valence-corrected chi connectivity index (χ1v) is 20.9. The molecular weight excluding hydrogens is 747 g/mol. The maximum Gasteiger partial charge on any atom is 0.174 e. The lowest BCUT2D eigenvalue weighted by molar-refractivity contribution is 0.354. The molecule has 0 amide bonds. The molecule has 6 aromatic carbocycles. The van der Waals surface area contributed by atoms with Crippen LogP contribution in [0.3, 0.4) is 0 Å². The summed E-state index contributed by atoms with van der Waals surface area (Å²) >= 11 is 0. The van der Waals surface area contributed by atoms with Crippen molar-refractivity contribution in [1.82, 2.24) is 0 Å². The summed E-state index contributed by atoms with van der Waals surface area (Å²) in [7, 11) is 0. The van der Waals surface area contributed by atoms with Crippen LogP contribution in [0.25, 0.3) is 11.1 Å². The smallest absolute Gasteiger partial charge is 0.174 e. The summed E-state index contributed by atoms with van der Waals surface area (Å²) in [5, 5.41) is 8.29. The van der Waals surface area contributed by atoms with Gasteiger partial charge in [-0.05, 0) is 97.2 Å². The zero-order valence-electron chi connectivity index (χ0n) is 36.4. The van der Waals surface area contributed by atoms with Crippen LogP contribution in [0.15, 0.2) is 188 Å². The minimum Gasteiger partial charge on any atom is -0.449 e. The summed E-state index contributed by atoms with van der Waals surface area (Å²) in [4.78, 5) is 0. The quantitative estimate of drug-likeness (QED) is 0.173. The minimum atomic E-state index is 0.0647. The molecule has 0 fully saturated rings. The van der Waals surface area contributed by atoms with E-state index < -0.39 is 0 Å². The Bertz CT molecular complexity index is 2460. The van der Waals surface area contributed by atoms with E-state index in [1.807, 2.05) is 111 Å². The van der Waals surface area contributed by atoms with Gasteiger partial charge >= 0.3 is 0 Å². The molecule has 0 radical (unpaired) electrons. The topological polar surface area (TPSA) is 94.3 Å². The van der Waals surface area contributed by atoms with Crippen LogP contribution < -0.4 is 20.9 Å². The number of nitriles is 1. The van der Waals surface area contributed by atoms with Crippen molar-refractivity contribution >= 4 is 0 Å². The van der Waals surface area contributed by atoms with Gasteiger partial charge in [-0.1, -0.05) is 183 Å². The van der Waals surface area contributed by atoms with Gasteiger partial charge in [0, 0.05) is 24.6 Å². The number of hydrogen-bond acceptors (Lipinski definition) is 5. The van der Waals surface area contributed by atoms with Crippen LogP contribution in [-0.2, 0) is 18.5 Å². The molecule has 4 N–H and O–H groups in total. The van der Waals surface area contributed by atoms with Gasteiger partial charge < -0.3 is 20.9 Å². The van der Waals surface area contributed by atoms with Crippen molar-refractivity contribution in [3.8, 4) is 40.2 Å². The third-order valence-corrected chi connectivity index (χ3v) is 10.7. The molecule has 2 atom stereocenters. The monoisotopic (exact) mass is 805 g/mol. The molecular formula is C56H59N3O2. The van der Waals surface area contributed by atoms with Crippen molar-refractivity contribution in [3.05, 3.63) is 227 Å². The highest BCUT2D eigenvalue weighted by atomic mass is 16.6. The Balaban J connectivity index is 0.000000184. The average Bonchev–Trinajstić information content (AvgIpc) is 3.55. The van der Waals surface area contributed by atoms with E-state index in [4.69, 9.17) is 26.2 Å². The Hall–Kier alpha value is -6.71. The van der Waals surface area contributed by atoms with Crippen molar-refractivity contribution in [2.45, 2.75) is 66.0 Å². The van der Waals surface area contributed by atoms with Gasteiger partial charge in [0.2, 0.25) is 0 Å². The van der Waals surface area contributed by atoms with E-state index in [0.29, 0.717) is 30.5 Å². The van der Waals surface area contributed by atoms with Crippen LogP contribution in [0.2, 0.25) is 0 Å². The predicted molar refractivity (Wildman–Crippen MR) is 255 cm³/mol. The lowest BCUT2D eigenvalue weighted by Crippen LogP contribution is -2.24. The van der Waals surface area contributed by atoms with Gasteiger partial charge in [-0.25, -0.2) is 0 Å². The largest absolute Gasteiger partial charge is 0.449 e.